The van der Waals surface area contributed by atoms with Gasteiger partial charge in [-0.25, -0.2) is 0 Å². The molecule has 0 aromatic heterocycles. The van der Waals surface area contributed by atoms with Gasteiger partial charge in [-0.05, 0) is 66.6 Å². The van der Waals surface area contributed by atoms with Gasteiger partial charge in [-0.15, -0.1) is 0 Å². The Morgan fingerprint density at radius 2 is 1.90 bits per heavy atom. The molecule has 2 N–H and O–H groups in total. The van der Waals surface area contributed by atoms with Gasteiger partial charge >= 0.3 is 0 Å². The number of fused-ring (bicyclic) bond motifs is 4. The fourth-order valence-corrected chi connectivity index (χ4v) is 5.38. The Hall–Kier alpha value is -0.340. The largest absolute Gasteiger partial charge is 0.396 e. The minimum absolute atomic E-state index is 0.0613. The van der Waals surface area contributed by atoms with Crippen LogP contribution in [-0.4, -0.2) is 22.9 Å². The summed E-state index contributed by atoms with van der Waals surface area (Å²) in [5.74, 6) is 2.91. The lowest BCUT2D eigenvalue weighted by Gasteiger charge is -2.38. The lowest BCUT2D eigenvalue weighted by molar-refractivity contribution is -0.0340. The number of hydrogen-bond acceptors (Lipinski definition) is 2. The van der Waals surface area contributed by atoms with Gasteiger partial charge in [0.15, 0.2) is 0 Å². The Kier molecular flexibility index (Phi) is 3.53. The molecular weight excluding hydrogens is 248 g/mol. The van der Waals surface area contributed by atoms with Crippen LogP contribution in [0.2, 0.25) is 0 Å². The van der Waals surface area contributed by atoms with E-state index >= 15 is 0 Å². The molecule has 4 rings (SSSR count). The standard InChI is InChI=1S/C10H18O.C8H12O/c1-9(2)7-4-5-10(3,6-7)8(9)11;9-5-8-4-6-1-2-7(8)3-6/h7-8,11H,4-6H2,1-3H3;1-2,6-9H,3-5H2/t7-,8?,10+;/m1./s1. The van der Waals surface area contributed by atoms with Crippen LogP contribution in [-0.2, 0) is 0 Å². The summed E-state index contributed by atoms with van der Waals surface area (Å²) in [4.78, 5) is 0. The van der Waals surface area contributed by atoms with E-state index in [0.29, 0.717) is 12.5 Å². The van der Waals surface area contributed by atoms with Crippen molar-refractivity contribution in [2.45, 2.75) is 59.0 Å². The Morgan fingerprint density at radius 1 is 1.15 bits per heavy atom. The highest BCUT2D eigenvalue weighted by atomic mass is 16.3. The summed E-state index contributed by atoms with van der Waals surface area (Å²) >= 11 is 0. The van der Waals surface area contributed by atoms with Crippen LogP contribution >= 0.6 is 0 Å². The molecule has 0 amide bonds. The molecule has 114 valence electrons. The van der Waals surface area contributed by atoms with Crippen molar-refractivity contribution in [1.82, 2.24) is 0 Å². The smallest absolute Gasteiger partial charge is 0.0647 e. The second-order valence-corrected chi connectivity index (χ2v) is 8.54. The number of hydrogen-bond donors (Lipinski definition) is 2. The summed E-state index contributed by atoms with van der Waals surface area (Å²) < 4.78 is 0. The summed E-state index contributed by atoms with van der Waals surface area (Å²) in [6.45, 7) is 7.07. The van der Waals surface area contributed by atoms with Crippen LogP contribution in [0.1, 0.15) is 52.9 Å². The maximum absolute atomic E-state index is 10.0. The van der Waals surface area contributed by atoms with Crippen molar-refractivity contribution >= 4 is 0 Å². The second kappa shape index (κ2) is 4.84. The molecule has 0 aromatic carbocycles. The average Bonchev–Trinajstić information content (AvgIpc) is 3.14. The van der Waals surface area contributed by atoms with Crippen LogP contribution in [0.5, 0.6) is 0 Å². The van der Waals surface area contributed by atoms with Crippen LogP contribution in [0.25, 0.3) is 0 Å². The summed E-state index contributed by atoms with van der Waals surface area (Å²) in [5, 5.41) is 18.9. The quantitative estimate of drug-likeness (QED) is 0.722. The van der Waals surface area contributed by atoms with Gasteiger partial charge in [0.25, 0.3) is 0 Å². The molecule has 4 aliphatic carbocycles. The first-order chi connectivity index (χ1) is 9.37. The first kappa shape index (κ1) is 14.6. The maximum atomic E-state index is 10.0. The minimum Gasteiger partial charge on any atom is -0.396 e. The van der Waals surface area contributed by atoms with E-state index in [1.165, 1.54) is 32.1 Å². The van der Waals surface area contributed by atoms with Crippen molar-refractivity contribution in [2.75, 3.05) is 6.61 Å². The van der Waals surface area contributed by atoms with Crippen molar-refractivity contribution in [3.8, 4) is 0 Å². The van der Waals surface area contributed by atoms with E-state index in [1.54, 1.807) is 0 Å². The van der Waals surface area contributed by atoms with Crippen LogP contribution in [0.3, 0.4) is 0 Å². The Morgan fingerprint density at radius 3 is 2.20 bits per heavy atom. The van der Waals surface area contributed by atoms with Crippen molar-refractivity contribution in [3.63, 3.8) is 0 Å². The Balaban J connectivity index is 0.000000123. The van der Waals surface area contributed by atoms with Crippen molar-refractivity contribution in [2.24, 2.45) is 34.5 Å². The third-order valence-corrected chi connectivity index (χ3v) is 6.84. The van der Waals surface area contributed by atoms with E-state index in [4.69, 9.17) is 5.11 Å². The molecule has 0 aromatic rings. The van der Waals surface area contributed by atoms with Gasteiger partial charge in [0.05, 0.1) is 6.10 Å². The van der Waals surface area contributed by atoms with E-state index in [1.807, 2.05) is 0 Å². The zero-order chi connectivity index (χ0) is 14.5. The maximum Gasteiger partial charge on any atom is 0.0647 e. The topological polar surface area (TPSA) is 40.5 Å². The summed E-state index contributed by atoms with van der Waals surface area (Å²) in [6.07, 6.45) is 10.9. The summed E-state index contributed by atoms with van der Waals surface area (Å²) in [6, 6.07) is 0. The highest BCUT2D eigenvalue weighted by Crippen LogP contribution is 2.62. The fourth-order valence-electron chi connectivity index (χ4n) is 5.38. The van der Waals surface area contributed by atoms with Crippen LogP contribution < -0.4 is 0 Å². The molecule has 0 aliphatic heterocycles. The Bertz CT molecular complexity index is 395. The van der Waals surface area contributed by atoms with Gasteiger partial charge in [0, 0.05) is 6.61 Å². The van der Waals surface area contributed by atoms with E-state index in [0.717, 1.165) is 17.8 Å². The third kappa shape index (κ3) is 2.16. The first-order valence-electron chi connectivity index (χ1n) is 8.34. The summed E-state index contributed by atoms with van der Waals surface area (Å²) in [7, 11) is 0. The molecule has 0 spiro atoms. The second-order valence-electron chi connectivity index (χ2n) is 8.54. The SMILES string of the molecule is CC1(C)C(O)[C@@]2(C)CC[C@@H]1C2.OCC1CC2C=CC1C2. The van der Waals surface area contributed by atoms with Gasteiger partial charge in [-0.2, -0.15) is 0 Å². The predicted molar refractivity (Wildman–Crippen MR) is 81.2 cm³/mol. The molecular formula is C18H30O2. The van der Waals surface area contributed by atoms with E-state index in [2.05, 4.69) is 32.9 Å². The average molecular weight is 278 g/mol. The first-order valence-corrected chi connectivity index (χ1v) is 8.34. The fraction of sp³-hybridized carbons (Fsp3) is 0.889. The molecule has 0 heterocycles. The highest BCUT2D eigenvalue weighted by Gasteiger charge is 2.58. The van der Waals surface area contributed by atoms with Crippen LogP contribution in [0.4, 0.5) is 0 Å². The molecule has 4 bridgehead atoms. The Labute approximate surface area is 123 Å². The third-order valence-electron chi connectivity index (χ3n) is 6.84. The number of allylic oxidation sites excluding steroid dienone is 2. The molecule has 4 unspecified atom stereocenters. The van der Waals surface area contributed by atoms with E-state index in [9.17, 15) is 5.11 Å². The molecule has 2 heteroatoms. The minimum atomic E-state index is -0.0613. The van der Waals surface area contributed by atoms with E-state index in [-0.39, 0.29) is 16.9 Å². The zero-order valence-corrected chi connectivity index (χ0v) is 13.2. The molecule has 20 heavy (non-hydrogen) atoms. The summed E-state index contributed by atoms with van der Waals surface area (Å²) in [5.41, 5.74) is 0.446. The molecule has 0 radical (unpaired) electrons. The van der Waals surface area contributed by atoms with Gasteiger partial charge in [0.1, 0.15) is 0 Å². The van der Waals surface area contributed by atoms with Gasteiger partial charge < -0.3 is 10.2 Å². The van der Waals surface area contributed by atoms with Crippen molar-refractivity contribution in [3.05, 3.63) is 12.2 Å². The number of rotatable bonds is 1. The molecule has 3 saturated carbocycles. The monoisotopic (exact) mass is 278 g/mol. The zero-order valence-electron chi connectivity index (χ0n) is 13.2. The lowest BCUT2D eigenvalue weighted by Crippen LogP contribution is -2.39. The van der Waals surface area contributed by atoms with Crippen LogP contribution in [0, 0.1) is 34.5 Å². The molecule has 0 saturated heterocycles. The van der Waals surface area contributed by atoms with Gasteiger partial charge in [0.2, 0.25) is 0 Å². The molecule has 4 aliphatic rings. The van der Waals surface area contributed by atoms with Gasteiger partial charge in [-0.1, -0.05) is 32.9 Å². The predicted octanol–water partition coefficient (Wildman–Crippen LogP) is 3.38. The normalized spacial score (nSPS) is 50.4. The highest BCUT2D eigenvalue weighted by molar-refractivity contribution is 5.10. The van der Waals surface area contributed by atoms with E-state index < -0.39 is 0 Å². The number of aliphatic hydroxyl groups is 2. The molecule has 3 fully saturated rings. The van der Waals surface area contributed by atoms with Crippen LogP contribution in [0.15, 0.2) is 12.2 Å². The lowest BCUT2D eigenvalue weighted by atomic mass is 9.70. The van der Waals surface area contributed by atoms with Crippen molar-refractivity contribution < 1.29 is 10.2 Å². The van der Waals surface area contributed by atoms with Crippen molar-refractivity contribution in [1.29, 1.82) is 0 Å². The molecule has 2 nitrogen and oxygen atoms in total. The molecule has 6 atom stereocenters. The number of aliphatic hydroxyl groups excluding tert-OH is 2. The van der Waals surface area contributed by atoms with Gasteiger partial charge in [-0.3, -0.25) is 0 Å².